The largest absolute Gasteiger partial charge is 0.413 e. The van der Waals surface area contributed by atoms with Gasteiger partial charge < -0.3 is 10.3 Å². The van der Waals surface area contributed by atoms with Crippen molar-refractivity contribution >= 4 is 11.0 Å². The van der Waals surface area contributed by atoms with Crippen molar-refractivity contribution in [3.05, 3.63) is 24.3 Å². The second kappa shape index (κ2) is 4.18. The number of nitrogens with two attached hydrogens (primary N) is 1. The summed E-state index contributed by atoms with van der Waals surface area (Å²) in [6, 6.07) is 1.64. The molecule has 20 heavy (non-hydrogen) atoms. The fourth-order valence-corrected chi connectivity index (χ4v) is 2.09. The van der Waals surface area contributed by atoms with Gasteiger partial charge in [-0.05, 0) is 33.8 Å². The van der Waals surface area contributed by atoms with E-state index in [2.05, 4.69) is 9.97 Å². The molecule has 2 aromatic heterocycles. The van der Waals surface area contributed by atoms with Gasteiger partial charge in [-0.2, -0.15) is 13.2 Å². The van der Waals surface area contributed by atoms with Crippen LogP contribution in [0.15, 0.2) is 18.5 Å². The molecule has 2 heterocycles. The van der Waals surface area contributed by atoms with Crippen LogP contribution in [0.2, 0.25) is 0 Å². The van der Waals surface area contributed by atoms with E-state index < -0.39 is 17.3 Å². The molecule has 0 aliphatic heterocycles. The second-order valence-electron chi connectivity index (χ2n) is 6.01. The van der Waals surface area contributed by atoms with Crippen molar-refractivity contribution in [2.24, 2.45) is 5.73 Å². The molecule has 2 N–H and O–H groups in total. The molecule has 0 fully saturated rings. The van der Waals surface area contributed by atoms with Gasteiger partial charge in [0.15, 0.2) is 5.54 Å². The summed E-state index contributed by atoms with van der Waals surface area (Å²) in [6.07, 6.45) is -1.63. The average Bonchev–Trinajstić information content (AvgIpc) is 2.66. The van der Waals surface area contributed by atoms with Crippen LogP contribution in [0.25, 0.3) is 11.0 Å². The van der Waals surface area contributed by atoms with E-state index in [0.29, 0.717) is 11.0 Å². The van der Waals surface area contributed by atoms with Crippen LogP contribution >= 0.6 is 0 Å². The van der Waals surface area contributed by atoms with Crippen molar-refractivity contribution in [1.29, 1.82) is 0 Å². The molecular weight excluding hydrogens is 269 g/mol. The van der Waals surface area contributed by atoms with Crippen LogP contribution in [0.5, 0.6) is 0 Å². The fourth-order valence-electron chi connectivity index (χ4n) is 2.09. The second-order valence-corrected chi connectivity index (χ2v) is 6.01. The fraction of sp³-hybridized carbons (Fsp3) is 0.538. The number of fused-ring (bicyclic) bond motifs is 1. The van der Waals surface area contributed by atoms with Gasteiger partial charge in [0.25, 0.3) is 0 Å². The van der Waals surface area contributed by atoms with E-state index in [1.807, 2.05) is 20.8 Å². The van der Waals surface area contributed by atoms with Crippen molar-refractivity contribution in [1.82, 2.24) is 14.5 Å². The molecular formula is C13H17F3N4. The van der Waals surface area contributed by atoms with Gasteiger partial charge in [-0.25, -0.2) is 4.98 Å². The Hall–Kier alpha value is -1.63. The normalized spacial score (nSPS) is 16.4. The molecule has 0 aromatic carbocycles. The number of pyridine rings is 1. The lowest BCUT2D eigenvalue weighted by Gasteiger charge is -2.32. The van der Waals surface area contributed by atoms with Crippen molar-refractivity contribution in [2.75, 3.05) is 0 Å². The van der Waals surface area contributed by atoms with E-state index in [4.69, 9.17) is 5.73 Å². The van der Waals surface area contributed by atoms with Crippen molar-refractivity contribution < 1.29 is 13.2 Å². The molecule has 0 saturated carbocycles. The zero-order valence-corrected chi connectivity index (χ0v) is 11.8. The maximum Gasteiger partial charge on any atom is 0.413 e. The standard InChI is InChI=1S/C13H17F3N4/c1-11(2,3)20-9-5-6-18-7-8(9)19-10(20)12(4,17)13(14,15)16/h5-7H,17H2,1-4H3. The molecule has 1 atom stereocenters. The molecule has 0 saturated heterocycles. The van der Waals surface area contributed by atoms with Gasteiger partial charge in [0.2, 0.25) is 0 Å². The molecule has 7 heteroatoms. The van der Waals surface area contributed by atoms with E-state index in [9.17, 15) is 13.2 Å². The Balaban J connectivity index is 2.84. The van der Waals surface area contributed by atoms with Crippen LogP contribution in [0.1, 0.15) is 33.5 Å². The summed E-state index contributed by atoms with van der Waals surface area (Å²) in [5, 5.41) is 0. The van der Waals surface area contributed by atoms with E-state index in [0.717, 1.165) is 6.92 Å². The highest BCUT2D eigenvalue weighted by Crippen LogP contribution is 2.39. The van der Waals surface area contributed by atoms with Crippen LogP contribution in [0.4, 0.5) is 13.2 Å². The van der Waals surface area contributed by atoms with Crippen molar-refractivity contribution in [2.45, 2.75) is 44.9 Å². The molecule has 4 nitrogen and oxygen atoms in total. The lowest BCUT2D eigenvalue weighted by atomic mass is 9.99. The van der Waals surface area contributed by atoms with E-state index in [1.54, 1.807) is 6.07 Å². The minimum atomic E-state index is -4.59. The number of nitrogens with zero attached hydrogens (tertiary/aromatic N) is 3. The zero-order valence-electron chi connectivity index (χ0n) is 11.8. The summed E-state index contributed by atoms with van der Waals surface area (Å²) >= 11 is 0. The minimum Gasteiger partial charge on any atom is -0.321 e. The highest BCUT2D eigenvalue weighted by molar-refractivity contribution is 5.75. The summed E-state index contributed by atoms with van der Waals surface area (Å²) in [5.74, 6) is -0.208. The van der Waals surface area contributed by atoms with Crippen LogP contribution in [-0.2, 0) is 11.1 Å². The van der Waals surface area contributed by atoms with Gasteiger partial charge in [-0.15, -0.1) is 0 Å². The van der Waals surface area contributed by atoms with Crippen LogP contribution in [-0.4, -0.2) is 20.7 Å². The quantitative estimate of drug-likeness (QED) is 0.877. The van der Waals surface area contributed by atoms with Gasteiger partial charge in [-0.3, -0.25) is 4.98 Å². The third-order valence-electron chi connectivity index (χ3n) is 3.18. The number of aromatic nitrogens is 3. The minimum absolute atomic E-state index is 0.208. The predicted octanol–water partition coefficient (Wildman–Crippen LogP) is 2.92. The van der Waals surface area contributed by atoms with E-state index >= 15 is 0 Å². The van der Waals surface area contributed by atoms with Gasteiger partial charge in [0, 0.05) is 11.7 Å². The molecule has 0 spiro atoms. The zero-order chi connectivity index (χ0) is 15.3. The highest BCUT2D eigenvalue weighted by atomic mass is 19.4. The molecule has 0 amide bonds. The Morgan fingerprint density at radius 2 is 1.75 bits per heavy atom. The first kappa shape index (κ1) is 14.8. The first-order valence-corrected chi connectivity index (χ1v) is 6.15. The van der Waals surface area contributed by atoms with Crippen molar-refractivity contribution in [3.63, 3.8) is 0 Å². The molecule has 0 radical (unpaired) electrons. The van der Waals surface area contributed by atoms with Crippen LogP contribution in [0.3, 0.4) is 0 Å². The SMILES string of the molecule is CC(C)(C)n1c(C(C)(N)C(F)(F)F)nc2cnccc21. The lowest BCUT2D eigenvalue weighted by Crippen LogP contribution is -2.50. The number of hydrogen-bond acceptors (Lipinski definition) is 3. The summed E-state index contributed by atoms with van der Waals surface area (Å²) in [5.41, 5.74) is 3.42. The van der Waals surface area contributed by atoms with Gasteiger partial charge in [0.1, 0.15) is 11.3 Å². The average molecular weight is 286 g/mol. The summed E-state index contributed by atoms with van der Waals surface area (Å²) in [4.78, 5) is 7.97. The Morgan fingerprint density at radius 3 is 2.25 bits per heavy atom. The number of alkyl halides is 3. The molecule has 0 aliphatic carbocycles. The Kier molecular flexibility index (Phi) is 3.09. The molecule has 0 bridgehead atoms. The highest BCUT2D eigenvalue weighted by Gasteiger charge is 2.53. The predicted molar refractivity (Wildman–Crippen MR) is 70.1 cm³/mol. The Morgan fingerprint density at radius 1 is 1.15 bits per heavy atom. The van der Waals surface area contributed by atoms with E-state index in [1.165, 1.54) is 17.0 Å². The molecule has 2 aromatic rings. The molecule has 0 aliphatic rings. The third kappa shape index (κ3) is 2.15. The topological polar surface area (TPSA) is 56.7 Å². The number of rotatable bonds is 1. The van der Waals surface area contributed by atoms with Crippen molar-refractivity contribution in [3.8, 4) is 0 Å². The van der Waals surface area contributed by atoms with E-state index in [-0.39, 0.29) is 5.82 Å². The summed E-state index contributed by atoms with van der Waals surface area (Å²) in [7, 11) is 0. The molecule has 1 unspecified atom stereocenters. The van der Waals surface area contributed by atoms with Crippen LogP contribution in [0, 0.1) is 0 Å². The van der Waals surface area contributed by atoms with Crippen LogP contribution < -0.4 is 5.73 Å². The maximum absolute atomic E-state index is 13.2. The number of halogens is 3. The molecule has 110 valence electrons. The first-order valence-electron chi connectivity index (χ1n) is 6.15. The first-order chi connectivity index (χ1) is 8.96. The maximum atomic E-state index is 13.2. The number of hydrogen-bond donors (Lipinski definition) is 1. The smallest absolute Gasteiger partial charge is 0.321 e. The third-order valence-corrected chi connectivity index (χ3v) is 3.18. The monoisotopic (exact) mass is 286 g/mol. The molecule has 2 rings (SSSR count). The van der Waals surface area contributed by atoms with Gasteiger partial charge >= 0.3 is 6.18 Å². The Bertz CT molecular complexity index is 635. The van der Waals surface area contributed by atoms with Gasteiger partial charge in [-0.1, -0.05) is 0 Å². The summed E-state index contributed by atoms with van der Waals surface area (Å²) in [6.45, 7) is 6.36. The number of imidazole rings is 1. The van der Waals surface area contributed by atoms with Gasteiger partial charge in [0.05, 0.1) is 11.7 Å². The summed E-state index contributed by atoms with van der Waals surface area (Å²) < 4.78 is 41.2. The lowest BCUT2D eigenvalue weighted by molar-refractivity contribution is -0.187. The Labute approximate surface area is 114 Å².